The van der Waals surface area contributed by atoms with Crippen molar-refractivity contribution < 1.29 is 28.2 Å². The molecule has 180 valence electrons. The number of thiazole rings is 1. The lowest BCUT2D eigenvalue weighted by Crippen LogP contribution is -2.35. The zero-order valence-electron chi connectivity index (χ0n) is 18.2. The fourth-order valence-electron chi connectivity index (χ4n) is 4.15. The topological polar surface area (TPSA) is 108 Å². The van der Waals surface area contributed by atoms with Crippen LogP contribution in [-0.2, 0) is 16.6 Å². The van der Waals surface area contributed by atoms with E-state index in [1.54, 1.807) is 31.3 Å². The standard InChI is InChI=1S/C23H23F3N4O3S/c1-22(33,14-7-5-13(6-8-14)20(31)32)21-28-12-17(34-21)16-3-2-4-18(29-16)30-19-11-15(9-10-27-19)23(24,25)26/h2-4,9-14,33H,5-8H2,1H3,(H,31,32)(H,27,29,30)/t13?,14?,22-/m1/s1. The first-order chi connectivity index (χ1) is 16.0. The van der Waals surface area contributed by atoms with Crippen LogP contribution in [0.4, 0.5) is 24.8 Å². The van der Waals surface area contributed by atoms with Crippen molar-refractivity contribution in [1.29, 1.82) is 0 Å². The van der Waals surface area contributed by atoms with Crippen molar-refractivity contribution in [2.24, 2.45) is 11.8 Å². The quantitative estimate of drug-likeness (QED) is 0.419. The predicted octanol–water partition coefficient (Wildman–Crippen LogP) is 5.46. The molecule has 34 heavy (non-hydrogen) atoms. The Morgan fingerprint density at radius 3 is 2.53 bits per heavy atom. The van der Waals surface area contributed by atoms with Crippen molar-refractivity contribution in [2.75, 3.05) is 5.32 Å². The summed E-state index contributed by atoms with van der Waals surface area (Å²) in [4.78, 5) is 24.7. The van der Waals surface area contributed by atoms with Crippen LogP contribution in [-0.4, -0.2) is 31.1 Å². The van der Waals surface area contributed by atoms with Gasteiger partial charge in [-0.2, -0.15) is 13.2 Å². The Balaban J connectivity index is 1.50. The molecular weight excluding hydrogens is 469 g/mol. The largest absolute Gasteiger partial charge is 0.481 e. The lowest BCUT2D eigenvalue weighted by Gasteiger charge is -2.35. The highest BCUT2D eigenvalue weighted by Crippen LogP contribution is 2.43. The first-order valence-electron chi connectivity index (χ1n) is 10.7. The van der Waals surface area contributed by atoms with Crippen LogP contribution in [0.1, 0.15) is 43.2 Å². The van der Waals surface area contributed by atoms with Crippen molar-refractivity contribution in [2.45, 2.75) is 44.4 Å². The molecule has 1 saturated carbocycles. The Hall–Kier alpha value is -3.05. The molecule has 0 spiro atoms. The molecule has 0 amide bonds. The maximum Gasteiger partial charge on any atom is 0.416 e. The van der Waals surface area contributed by atoms with E-state index in [0.717, 1.165) is 18.3 Å². The number of nitrogens with one attached hydrogen (secondary N) is 1. The summed E-state index contributed by atoms with van der Waals surface area (Å²) in [5.41, 5.74) is -1.47. The van der Waals surface area contributed by atoms with Crippen molar-refractivity contribution in [3.05, 3.63) is 53.3 Å². The number of alkyl halides is 3. The number of carbonyl (C=O) groups is 1. The number of hydrogen-bond acceptors (Lipinski definition) is 7. The van der Waals surface area contributed by atoms with Crippen LogP contribution >= 0.6 is 11.3 Å². The van der Waals surface area contributed by atoms with Crippen LogP contribution in [0.2, 0.25) is 0 Å². The summed E-state index contributed by atoms with van der Waals surface area (Å²) in [6, 6.07) is 6.88. The van der Waals surface area contributed by atoms with E-state index in [2.05, 4.69) is 20.3 Å². The van der Waals surface area contributed by atoms with Crippen LogP contribution in [0.15, 0.2) is 42.7 Å². The van der Waals surface area contributed by atoms with Gasteiger partial charge in [0, 0.05) is 12.4 Å². The molecule has 0 aliphatic heterocycles. The molecule has 7 nitrogen and oxygen atoms in total. The van der Waals surface area contributed by atoms with Crippen molar-refractivity contribution in [1.82, 2.24) is 15.0 Å². The van der Waals surface area contributed by atoms with Gasteiger partial charge in [-0.15, -0.1) is 11.3 Å². The van der Waals surface area contributed by atoms with Gasteiger partial charge >= 0.3 is 12.1 Å². The number of aliphatic hydroxyl groups is 1. The van der Waals surface area contributed by atoms with E-state index < -0.39 is 23.3 Å². The molecule has 1 aliphatic carbocycles. The minimum absolute atomic E-state index is 0.0179. The third-order valence-corrected chi connectivity index (χ3v) is 7.40. The molecular formula is C23H23F3N4O3S. The van der Waals surface area contributed by atoms with Crippen molar-refractivity contribution in [3.63, 3.8) is 0 Å². The fourth-order valence-corrected chi connectivity index (χ4v) is 5.16. The van der Waals surface area contributed by atoms with Gasteiger partial charge < -0.3 is 15.5 Å². The third kappa shape index (κ3) is 5.20. The maximum atomic E-state index is 13.0. The number of anilines is 2. The zero-order valence-corrected chi connectivity index (χ0v) is 19.0. The Labute approximate surface area is 197 Å². The van der Waals surface area contributed by atoms with Crippen LogP contribution in [0, 0.1) is 11.8 Å². The summed E-state index contributed by atoms with van der Waals surface area (Å²) in [6.45, 7) is 1.70. The van der Waals surface area contributed by atoms with Crippen molar-refractivity contribution >= 4 is 28.9 Å². The van der Waals surface area contributed by atoms with Crippen LogP contribution in [0.25, 0.3) is 10.6 Å². The summed E-state index contributed by atoms with van der Waals surface area (Å²) in [5.74, 6) is -0.934. The number of rotatable bonds is 6. The highest BCUT2D eigenvalue weighted by Gasteiger charge is 2.40. The Bertz CT molecular complexity index is 1170. The first kappa shape index (κ1) is 24.1. The number of aliphatic carboxylic acids is 1. The first-order valence-corrected chi connectivity index (χ1v) is 11.5. The number of nitrogens with zero attached hydrogens (tertiary/aromatic N) is 3. The van der Waals surface area contributed by atoms with E-state index in [1.165, 1.54) is 11.3 Å². The third-order valence-electron chi connectivity index (χ3n) is 6.15. The van der Waals surface area contributed by atoms with Gasteiger partial charge in [0.1, 0.15) is 22.2 Å². The van der Waals surface area contributed by atoms with E-state index in [1.807, 2.05) is 0 Å². The zero-order chi connectivity index (χ0) is 24.5. The van der Waals surface area contributed by atoms with Gasteiger partial charge in [-0.05, 0) is 62.8 Å². The van der Waals surface area contributed by atoms with Gasteiger partial charge in [0.05, 0.1) is 22.1 Å². The van der Waals surface area contributed by atoms with Crippen LogP contribution in [0.3, 0.4) is 0 Å². The molecule has 11 heteroatoms. The van der Waals surface area contributed by atoms with Gasteiger partial charge in [-0.1, -0.05) is 6.07 Å². The van der Waals surface area contributed by atoms with Gasteiger partial charge in [-0.3, -0.25) is 4.79 Å². The summed E-state index contributed by atoms with van der Waals surface area (Å²) in [6.07, 6.45) is 0.446. The molecule has 3 N–H and O–H groups in total. The minimum atomic E-state index is -4.47. The Morgan fingerprint density at radius 1 is 1.12 bits per heavy atom. The van der Waals surface area contributed by atoms with Crippen molar-refractivity contribution in [3.8, 4) is 10.6 Å². The van der Waals surface area contributed by atoms with E-state index in [9.17, 15) is 28.2 Å². The lowest BCUT2D eigenvalue weighted by molar-refractivity contribution is -0.144. The van der Waals surface area contributed by atoms with E-state index in [4.69, 9.17) is 0 Å². The number of pyridine rings is 2. The van der Waals surface area contributed by atoms with E-state index >= 15 is 0 Å². The SMILES string of the molecule is C[C@](O)(c1ncc(-c2cccc(Nc3cc(C(F)(F)F)ccn3)n2)s1)C1CCC(C(=O)O)CC1. The minimum Gasteiger partial charge on any atom is -0.481 e. The Morgan fingerprint density at radius 2 is 1.85 bits per heavy atom. The molecule has 0 radical (unpaired) electrons. The molecule has 0 bridgehead atoms. The second-order valence-electron chi connectivity index (χ2n) is 8.52. The smallest absolute Gasteiger partial charge is 0.416 e. The second kappa shape index (κ2) is 9.30. The second-order valence-corrected chi connectivity index (χ2v) is 9.56. The maximum absolute atomic E-state index is 13.0. The average molecular weight is 493 g/mol. The molecule has 3 aromatic heterocycles. The van der Waals surface area contributed by atoms with Gasteiger partial charge in [0.25, 0.3) is 0 Å². The number of carboxylic acid groups (broad SMARTS) is 1. The molecule has 3 heterocycles. The molecule has 0 aromatic carbocycles. The number of halogens is 3. The molecule has 1 fully saturated rings. The van der Waals surface area contributed by atoms with E-state index in [-0.39, 0.29) is 17.7 Å². The average Bonchev–Trinajstić information content (AvgIpc) is 3.30. The molecule has 1 aliphatic rings. The Kier molecular flexibility index (Phi) is 6.59. The molecule has 0 saturated heterocycles. The van der Waals surface area contributed by atoms with Crippen LogP contribution < -0.4 is 5.32 Å². The monoisotopic (exact) mass is 492 g/mol. The van der Waals surface area contributed by atoms with Gasteiger partial charge in [0.2, 0.25) is 0 Å². The molecule has 4 rings (SSSR count). The molecule has 3 aromatic rings. The number of hydrogen-bond donors (Lipinski definition) is 3. The highest BCUT2D eigenvalue weighted by atomic mass is 32.1. The predicted molar refractivity (Wildman–Crippen MR) is 121 cm³/mol. The highest BCUT2D eigenvalue weighted by molar-refractivity contribution is 7.15. The lowest BCUT2D eigenvalue weighted by atomic mass is 9.74. The summed E-state index contributed by atoms with van der Waals surface area (Å²) >= 11 is 1.28. The fraction of sp³-hybridized carbons (Fsp3) is 0.391. The summed E-state index contributed by atoms with van der Waals surface area (Å²) in [7, 11) is 0. The normalized spacial score (nSPS) is 20.5. The number of aromatic nitrogens is 3. The summed E-state index contributed by atoms with van der Waals surface area (Å²) < 4.78 is 38.9. The summed E-state index contributed by atoms with van der Waals surface area (Å²) in [5, 5.41) is 23.7. The molecule has 0 unspecified atom stereocenters. The number of carboxylic acids is 1. The van der Waals surface area contributed by atoms with Gasteiger partial charge in [-0.25, -0.2) is 15.0 Å². The van der Waals surface area contributed by atoms with E-state index in [0.29, 0.717) is 47.1 Å². The molecule has 1 atom stereocenters. The van der Waals surface area contributed by atoms with Gasteiger partial charge in [0.15, 0.2) is 0 Å². The van der Waals surface area contributed by atoms with Crippen LogP contribution in [0.5, 0.6) is 0 Å².